The lowest BCUT2D eigenvalue weighted by Gasteiger charge is -2.14. The summed E-state index contributed by atoms with van der Waals surface area (Å²) in [4.78, 5) is 0. The van der Waals surface area contributed by atoms with Crippen molar-refractivity contribution in [2.45, 2.75) is 47.2 Å². The Bertz CT molecular complexity index is 322. The minimum absolute atomic E-state index is 0.416. The summed E-state index contributed by atoms with van der Waals surface area (Å²) in [7, 11) is 0. The molecular formula is C12H24N4O. The third-order valence-electron chi connectivity index (χ3n) is 2.84. The molecule has 2 N–H and O–H groups in total. The third kappa shape index (κ3) is 5.17. The molecule has 0 saturated carbocycles. The Kier molecular flexibility index (Phi) is 5.41. The van der Waals surface area contributed by atoms with Crippen LogP contribution in [-0.4, -0.2) is 22.8 Å². The number of hydrogen-bond acceptors (Lipinski definition) is 5. The van der Waals surface area contributed by atoms with E-state index in [0.29, 0.717) is 36.3 Å². The van der Waals surface area contributed by atoms with Gasteiger partial charge in [-0.15, -0.1) is 5.10 Å². The zero-order chi connectivity index (χ0) is 12.8. The van der Waals surface area contributed by atoms with Crippen LogP contribution in [0.1, 0.15) is 40.5 Å². The Morgan fingerprint density at radius 3 is 2.41 bits per heavy atom. The van der Waals surface area contributed by atoms with Crippen LogP contribution in [0.2, 0.25) is 0 Å². The van der Waals surface area contributed by atoms with Crippen LogP contribution in [0, 0.1) is 11.8 Å². The van der Waals surface area contributed by atoms with Gasteiger partial charge in [0.2, 0.25) is 5.89 Å². The van der Waals surface area contributed by atoms with E-state index in [1.165, 1.54) is 0 Å². The molecule has 1 rings (SSSR count). The molecule has 0 spiro atoms. The quantitative estimate of drug-likeness (QED) is 0.765. The molecule has 17 heavy (non-hydrogen) atoms. The predicted octanol–water partition coefficient (Wildman–Crippen LogP) is 2.27. The van der Waals surface area contributed by atoms with Gasteiger partial charge in [0.05, 0.1) is 6.54 Å². The summed E-state index contributed by atoms with van der Waals surface area (Å²) in [5, 5.41) is 14.3. The van der Waals surface area contributed by atoms with E-state index < -0.39 is 0 Å². The number of hydrogen-bond donors (Lipinski definition) is 2. The maximum Gasteiger partial charge on any atom is 0.315 e. The van der Waals surface area contributed by atoms with Crippen molar-refractivity contribution in [1.82, 2.24) is 15.5 Å². The Morgan fingerprint density at radius 1 is 1.12 bits per heavy atom. The highest BCUT2D eigenvalue weighted by Crippen LogP contribution is 2.11. The van der Waals surface area contributed by atoms with Crippen LogP contribution < -0.4 is 10.6 Å². The summed E-state index contributed by atoms with van der Waals surface area (Å²) in [5.41, 5.74) is 0. The van der Waals surface area contributed by atoms with E-state index in [0.717, 1.165) is 6.54 Å². The second-order valence-corrected chi connectivity index (χ2v) is 5.14. The van der Waals surface area contributed by atoms with Crippen LogP contribution in [0.15, 0.2) is 4.42 Å². The van der Waals surface area contributed by atoms with Gasteiger partial charge in [-0.05, 0) is 11.8 Å². The molecule has 1 aromatic rings. The van der Waals surface area contributed by atoms with Gasteiger partial charge in [-0.1, -0.05) is 39.7 Å². The third-order valence-corrected chi connectivity index (χ3v) is 2.84. The first kappa shape index (κ1) is 14.0. The maximum atomic E-state index is 5.47. The zero-order valence-corrected chi connectivity index (χ0v) is 11.4. The van der Waals surface area contributed by atoms with Crippen LogP contribution in [0.4, 0.5) is 6.01 Å². The highest BCUT2D eigenvalue weighted by molar-refractivity contribution is 5.16. The minimum Gasteiger partial charge on any atom is -0.407 e. The van der Waals surface area contributed by atoms with E-state index >= 15 is 0 Å². The van der Waals surface area contributed by atoms with Gasteiger partial charge in [-0.3, -0.25) is 0 Å². The molecule has 0 radical (unpaired) electrons. The van der Waals surface area contributed by atoms with Crippen LogP contribution in [0.5, 0.6) is 0 Å². The Morgan fingerprint density at radius 2 is 1.82 bits per heavy atom. The predicted molar refractivity (Wildman–Crippen MR) is 68.8 cm³/mol. The molecular weight excluding hydrogens is 216 g/mol. The molecule has 0 aromatic carbocycles. The monoisotopic (exact) mass is 240 g/mol. The van der Waals surface area contributed by atoms with Crippen molar-refractivity contribution in [3.05, 3.63) is 5.89 Å². The maximum absolute atomic E-state index is 5.47. The molecule has 0 fully saturated rings. The molecule has 5 heteroatoms. The van der Waals surface area contributed by atoms with Gasteiger partial charge in [-0.2, -0.15) is 0 Å². The van der Waals surface area contributed by atoms with Crippen LogP contribution in [0.25, 0.3) is 0 Å². The molecule has 5 nitrogen and oxygen atoms in total. The van der Waals surface area contributed by atoms with Gasteiger partial charge in [0, 0.05) is 12.6 Å². The normalized spacial score (nSPS) is 13.4. The lowest BCUT2D eigenvalue weighted by atomic mass is 9.98. The van der Waals surface area contributed by atoms with Crippen molar-refractivity contribution in [3.63, 3.8) is 0 Å². The number of aromatic nitrogens is 2. The summed E-state index contributed by atoms with van der Waals surface area (Å²) in [6.45, 7) is 12.3. The number of nitrogens with zero attached hydrogens (tertiary/aromatic N) is 2. The molecule has 0 aliphatic heterocycles. The van der Waals surface area contributed by atoms with Crippen LogP contribution in [-0.2, 0) is 6.54 Å². The Hall–Kier alpha value is -1.10. The minimum atomic E-state index is 0.416. The Balaban J connectivity index is 2.35. The highest BCUT2D eigenvalue weighted by atomic mass is 16.4. The SMILES string of the molecule is CC(C)NCc1nnc(NCC(C)C(C)C)o1. The first-order valence-electron chi connectivity index (χ1n) is 6.28. The smallest absolute Gasteiger partial charge is 0.315 e. The van der Waals surface area contributed by atoms with Gasteiger partial charge in [0.25, 0.3) is 0 Å². The summed E-state index contributed by atoms with van der Waals surface area (Å²) in [5.74, 6) is 1.85. The first-order chi connectivity index (χ1) is 7.99. The highest BCUT2D eigenvalue weighted by Gasteiger charge is 2.10. The van der Waals surface area contributed by atoms with E-state index in [-0.39, 0.29) is 0 Å². The summed E-state index contributed by atoms with van der Waals surface area (Å²) < 4.78 is 5.47. The van der Waals surface area contributed by atoms with Crippen molar-refractivity contribution in [1.29, 1.82) is 0 Å². The zero-order valence-electron chi connectivity index (χ0n) is 11.4. The second kappa shape index (κ2) is 6.59. The molecule has 0 saturated heterocycles. The molecule has 0 amide bonds. The largest absolute Gasteiger partial charge is 0.407 e. The van der Waals surface area contributed by atoms with Crippen molar-refractivity contribution in [2.75, 3.05) is 11.9 Å². The van der Waals surface area contributed by atoms with Crippen molar-refractivity contribution in [3.8, 4) is 0 Å². The summed E-state index contributed by atoms with van der Waals surface area (Å²) in [6, 6.07) is 0.928. The molecule has 1 heterocycles. The fourth-order valence-corrected chi connectivity index (χ4v) is 1.17. The van der Waals surface area contributed by atoms with Gasteiger partial charge in [-0.25, -0.2) is 0 Å². The Labute approximate surface area is 103 Å². The van der Waals surface area contributed by atoms with Crippen molar-refractivity contribution >= 4 is 6.01 Å². The molecule has 1 aromatic heterocycles. The average Bonchev–Trinajstić information content (AvgIpc) is 2.70. The van der Waals surface area contributed by atoms with Gasteiger partial charge < -0.3 is 15.1 Å². The van der Waals surface area contributed by atoms with Crippen LogP contribution in [0.3, 0.4) is 0 Å². The van der Waals surface area contributed by atoms with Gasteiger partial charge >= 0.3 is 6.01 Å². The summed E-state index contributed by atoms with van der Waals surface area (Å²) >= 11 is 0. The number of rotatable bonds is 7. The molecule has 1 unspecified atom stereocenters. The number of anilines is 1. The van der Waals surface area contributed by atoms with E-state index in [1.54, 1.807) is 0 Å². The fourth-order valence-electron chi connectivity index (χ4n) is 1.17. The van der Waals surface area contributed by atoms with Crippen LogP contribution >= 0.6 is 0 Å². The van der Waals surface area contributed by atoms with Gasteiger partial charge in [0.15, 0.2) is 0 Å². The van der Waals surface area contributed by atoms with Gasteiger partial charge in [0.1, 0.15) is 0 Å². The van der Waals surface area contributed by atoms with E-state index in [1.807, 2.05) is 0 Å². The first-order valence-corrected chi connectivity index (χ1v) is 6.28. The molecule has 98 valence electrons. The van der Waals surface area contributed by atoms with E-state index in [9.17, 15) is 0 Å². The van der Waals surface area contributed by atoms with Crippen molar-refractivity contribution < 1.29 is 4.42 Å². The summed E-state index contributed by atoms with van der Waals surface area (Å²) in [6.07, 6.45) is 0. The van der Waals surface area contributed by atoms with E-state index in [4.69, 9.17) is 4.42 Å². The molecule has 0 bridgehead atoms. The lowest BCUT2D eigenvalue weighted by molar-refractivity contribution is 0.426. The lowest BCUT2D eigenvalue weighted by Crippen LogP contribution is -2.21. The topological polar surface area (TPSA) is 63.0 Å². The molecule has 0 aliphatic rings. The molecule has 1 atom stereocenters. The van der Waals surface area contributed by atoms with Crippen molar-refractivity contribution in [2.24, 2.45) is 11.8 Å². The van der Waals surface area contributed by atoms with E-state index in [2.05, 4.69) is 55.4 Å². The standard InChI is InChI=1S/C12H24N4O/c1-8(2)10(5)6-14-12-16-15-11(17-12)7-13-9(3)4/h8-10,13H,6-7H2,1-5H3,(H,14,16). The number of nitrogens with one attached hydrogen (secondary N) is 2. The fraction of sp³-hybridized carbons (Fsp3) is 0.833. The average molecular weight is 240 g/mol. The second-order valence-electron chi connectivity index (χ2n) is 5.14. The molecule has 0 aliphatic carbocycles.